The van der Waals surface area contributed by atoms with E-state index < -0.39 is 0 Å². The smallest absolute Gasteiger partial charge is 0.119 e. The quantitative estimate of drug-likeness (QED) is 0.798. The molecule has 2 nitrogen and oxygen atoms in total. The zero-order valence-electron chi connectivity index (χ0n) is 9.63. The second-order valence-corrected chi connectivity index (χ2v) is 4.74. The molecule has 3 heteroatoms. The summed E-state index contributed by atoms with van der Waals surface area (Å²) < 4.78 is 5.20. The fourth-order valence-electron chi connectivity index (χ4n) is 2.03. The first kappa shape index (κ1) is 11.7. The van der Waals surface area contributed by atoms with Crippen molar-refractivity contribution in [1.29, 1.82) is 0 Å². The number of hydrogen-bond acceptors (Lipinski definition) is 2. The molecule has 16 heavy (non-hydrogen) atoms. The zero-order chi connectivity index (χ0) is 11.4. The Hall–Kier alpha value is -0.730. The topological polar surface area (TPSA) is 21.3 Å². The predicted molar refractivity (Wildman–Crippen MR) is 67.1 cm³/mol. The number of methoxy groups -OCH3 is 1. The number of benzene rings is 1. The molecule has 2 rings (SSSR count). The second-order valence-electron chi connectivity index (χ2n) is 4.47. The summed E-state index contributed by atoms with van der Waals surface area (Å²) in [5.41, 5.74) is 1.43. The molecule has 88 valence electrons. The second kappa shape index (κ2) is 5.07. The Labute approximate surface area is 102 Å². The summed E-state index contributed by atoms with van der Waals surface area (Å²) in [5.74, 6) is 1.62. The van der Waals surface area contributed by atoms with E-state index in [4.69, 9.17) is 16.3 Å². The van der Waals surface area contributed by atoms with Crippen LogP contribution in [0.1, 0.15) is 24.8 Å². The number of halogens is 1. The highest BCUT2D eigenvalue weighted by molar-refractivity contribution is 6.18. The number of rotatable bonds is 5. The van der Waals surface area contributed by atoms with Crippen molar-refractivity contribution in [2.75, 3.05) is 13.0 Å². The number of ether oxygens (including phenoxy) is 1. The van der Waals surface area contributed by atoms with Crippen molar-refractivity contribution in [2.24, 2.45) is 0 Å². The molecule has 1 aliphatic rings. The Morgan fingerprint density at radius 2 is 2.25 bits per heavy atom. The highest BCUT2D eigenvalue weighted by atomic mass is 35.5. The van der Waals surface area contributed by atoms with Crippen LogP contribution >= 0.6 is 11.6 Å². The fraction of sp³-hybridized carbons (Fsp3) is 0.538. The maximum absolute atomic E-state index is 6.00. The van der Waals surface area contributed by atoms with Gasteiger partial charge in [-0.05, 0) is 37.0 Å². The Balaban J connectivity index is 1.93. The average molecular weight is 240 g/mol. The van der Waals surface area contributed by atoms with Crippen molar-refractivity contribution in [2.45, 2.75) is 31.3 Å². The maximum Gasteiger partial charge on any atom is 0.119 e. The van der Waals surface area contributed by atoms with E-state index in [1.807, 2.05) is 12.1 Å². The lowest BCUT2D eigenvalue weighted by Crippen LogP contribution is -2.52. The molecule has 1 fully saturated rings. The highest BCUT2D eigenvalue weighted by Crippen LogP contribution is 2.33. The SMILES string of the molecule is COc1cccc(CNC2(CCl)CCC2)c1. The van der Waals surface area contributed by atoms with Crippen LogP contribution in [-0.4, -0.2) is 18.5 Å². The van der Waals surface area contributed by atoms with Crippen LogP contribution in [0.4, 0.5) is 0 Å². The third kappa shape index (κ3) is 2.50. The summed E-state index contributed by atoms with van der Waals surface area (Å²) in [6.07, 6.45) is 3.68. The molecule has 0 aromatic heterocycles. The van der Waals surface area contributed by atoms with E-state index in [1.54, 1.807) is 7.11 Å². The fourth-order valence-corrected chi connectivity index (χ4v) is 2.39. The van der Waals surface area contributed by atoms with E-state index in [0.29, 0.717) is 5.88 Å². The van der Waals surface area contributed by atoms with Gasteiger partial charge in [-0.1, -0.05) is 12.1 Å². The van der Waals surface area contributed by atoms with Crippen LogP contribution in [0.5, 0.6) is 5.75 Å². The van der Waals surface area contributed by atoms with E-state index in [9.17, 15) is 0 Å². The summed E-state index contributed by atoms with van der Waals surface area (Å²) >= 11 is 6.00. The van der Waals surface area contributed by atoms with Crippen molar-refractivity contribution in [3.63, 3.8) is 0 Å². The van der Waals surface area contributed by atoms with Crippen molar-refractivity contribution < 1.29 is 4.74 Å². The van der Waals surface area contributed by atoms with Gasteiger partial charge in [0.2, 0.25) is 0 Å². The molecule has 0 saturated heterocycles. The Kier molecular flexibility index (Phi) is 3.72. The van der Waals surface area contributed by atoms with E-state index in [-0.39, 0.29) is 5.54 Å². The third-order valence-electron chi connectivity index (χ3n) is 3.37. The largest absolute Gasteiger partial charge is 0.497 e. The normalized spacial score (nSPS) is 17.9. The molecule has 0 bridgehead atoms. The minimum atomic E-state index is 0.185. The summed E-state index contributed by atoms with van der Waals surface area (Å²) in [6, 6.07) is 8.15. The van der Waals surface area contributed by atoms with Gasteiger partial charge in [0.15, 0.2) is 0 Å². The summed E-state index contributed by atoms with van der Waals surface area (Å²) in [7, 11) is 1.69. The summed E-state index contributed by atoms with van der Waals surface area (Å²) in [4.78, 5) is 0. The van der Waals surface area contributed by atoms with Crippen LogP contribution in [0.15, 0.2) is 24.3 Å². The van der Waals surface area contributed by atoms with E-state index in [2.05, 4.69) is 17.4 Å². The summed E-state index contributed by atoms with van der Waals surface area (Å²) in [5, 5.41) is 3.56. The van der Waals surface area contributed by atoms with Gasteiger partial charge in [-0.3, -0.25) is 0 Å². The predicted octanol–water partition coefficient (Wildman–Crippen LogP) is 2.95. The lowest BCUT2D eigenvalue weighted by Gasteiger charge is -2.41. The molecule has 1 saturated carbocycles. The van der Waals surface area contributed by atoms with Gasteiger partial charge in [0.25, 0.3) is 0 Å². The monoisotopic (exact) mass is 239 g/mol. The molecule has 1 N–H and O–H groups in total. The van der Waals surface area contributed by atoms with Crippen LogP contribution in [0.25, 0.3) is 0 Å². The molecule has 0 amide bonds. The van der Waals surface area contributed by atoms with Gasteiger partial charge in [0.1, 0.15) is 5.75 Å². The molecule has 0 spiro atoms. The number of nitrogens with one attached hydrogen (secondary N) is 1. The molecule has 0 atom stereocenters. The first-order valence-corrected chi connectivity index (χ1v) is 6.25. The van der Waals surface area contributed by atoms with Crippen molar-refractivity contribution >= 4 is 11.6 Å². The minimum Gasteiger partial charge on any atom is -0.497 e. The van der Waals surface area contributed by atoms with Crippen molar-refractivity contribution in [3.8, 4) is 5.75 Å². The lowest BCUT2D eigenvalue weighted by atomic mass is 9.78. The van der Waals surface area contributed by atoms with Gasteiger partial charge < -0.3 is 10.1 Å². The maximum atomic E-state index is 6.00. The molecule has 1 aromatic carbocycles. The van der Waals surface area contributed by atoms with Gasteiger partial charge in [-0.15, -0.1) is 11.6 Å². The van der Waals surface area contributed by atoms with Gasteiger partial charge in [0, 0.05) is 18.0 Å². The van der Waals surface area contributed by atoms with Crippen LogP contribution in [0, 0.1) is 0 Å². The lowest BCUT2D eigenvalue weighted by molar-refractivity contribution is 0.211. The molecule has 0 heterocycles. The average Bonchev–Trinajstić information content (AvgIpc) is 2.29. The molecule has 1 aromatic rings. The van der Waals surface area contributed by atoms with Crippen LogP contribution < -0.4 is 10.1 Å². The Morgan fingerprint density at radius 1 is 1.44 bits per heavy atom. The Morgan fingerprint density at radius 3 is 2.81 bits per heavy atom. The first-order chi connectivity index (χ1) is 7.78. The molecule has 0 radical (unpaired) electrons. The highest BCUT2D eigenvalue weighted by Gasteiger charge is 2.35. The van der Waals surface area contributed by atoms with Crippen LogP contribution in [-0.2, 0) is 6.54 Å². The van der Waals surface area contributed by atoms with Crippen LogP contribution in [0.2, 0.25) is 0 Å². The van der Waals surface area contributed by atoms with E-state index in [0.717, 1.165) is 12.3 Å². The minimum absolute atomic E-state index is 0.185. The standard InChI is InChI=1S/C13H18ClNO/c1-16-12-5-2-4-11(8-12)9-15-13(10-14)6-3-7-13/h2,4-5,8,15H,3,6-7,9-10H2,1H3. The van der Waals surface area contributed by atoms with Crippen LogP contribution in [0.3, 0.4) is 0 Å². The van der Waals surface area contributed by atoms with Crippen molar-refractivity contribution in [3.05, 3.63) is 29.8 Å². The van der Waals surface area contributed by atoms with Gasteiger partial charge >= 0.3 is 0 Å². The molecule has 0 aliphatic heterocycles. The van der Waals surface area contributed by atoms with Gasteiger partial charge in [-0.2, -0.15) is 0 Å². The molecule has 1 aliphatic carbocycles. The molecular formula is C13H18ClNO. The number of hydrogen-bond donors (Lipinski definition) is 1. The Bertz CT molecular complexity index is 344. The van der Waals surface area contributed by atoms with Gasteiger partial charge in [0.05, 0.1) is 7.11 Å². The van der Waals surface area contributed by atoms with Crippen molar-refractivity contribution in [1.82, 2.24) is 5.32 Å². The molecule has 0 unspecified atom stereocenters. The van der Waals surface area contributed by atoms with Gasteiger partial charge in [-0.25, -0.2) is 0 Å². The van der Waals surface area contributed by atoms with E-state index >= 15 is 0 Å². The number of alkyl halides is 1. The summed E-state index contributed by atoms with van der Waals surface area (Å²) in [6.45, 7) is 0.865. The zero-order valence-corrected chi connectivity index (χ0v) is 10.4. The third-order valence-corrected chi connectivity index (χ3v) is 3.88. The van der Waals surface area contributed by atoms with E-state index in [1.165, 1.54) is 24.8 Å². The molecular weight excluding hydrogens is 222 g/mol. The first-order valence-electron chi connectivity index (χ1n) is 5.72.